The molecule has 2 aromatic rings. The van der Waals surface area contributed by atoms with Gasteiger partial charge in [-0.25, -0.2) is 0 Å². The molecule has 0 aliphatic rings. The second-order valence-corrected chi connectivity index (χ2v) is 6.01. The number of ether oxygens (including phenoxy) is 1. The summed E-state index contributed by atoms with van der Waals surface area (Å²) in [6, 6.07) is 10.7. The van der Waals surface area contributed by atoms with Crippen LogP contribution < -0.4 is 10.5 Å². The molecule has 0 aromatic heterocycles. The maximum atomic E-state index is 9.23. The lowest BCUT2D eigenvalue weighted by atomic mass is 10.2. The quantitative estimate of drug-likeness (QED) is 0.675. The maximum absolute atomic E-state index is 9.23. The van der Waals surface area contributed by atoms with E-state index in [4.69, 9.17) is 10.5 Å². The Hall–Kier alpha value is -0.540. The molecule has 2 aromatic carbocycles. The molecule has 0 bridgehead atoms. The largest absolute Gasteiger partial charge is 0.508 e. The van der Waals surface area contributed by atoms with Crippen LogP contribution in [0.2, 0.25) is 0 Å². The molecule has 5 heteroatoms. The first-order valence-corrected chi connectivity index (χ1v) is 7.41. The van der Waals surface area contributed by atoms with Crippen LogP contribution in [0.5, 0.6) is 17.2 Å². The van der Waals surface area contributed by atoms with E-state index in [1.165, 1.54) is 0 Å². The average Bonchev–Trinajstić information content (AvgIpc) is 2.35. The Kier molecular flexibility index (Phi) is 4.68. The summed E-state index contributed by atoms with van der Waals surface area (Å²) in [5.74, 6) is 1.74. The molecule has 0 aliphatic heterocycles. The molecule has 0 spiro atoms. The first kappa shape index (κ1) is 13.9. The van der Waals surface area contributed by atoms with Crippen molar-refractivity contribution in [2.45, 2.75) is 6.54 Å². The van der Waals surface area contributed by atoms with Gasteiger partial charge < -0.3 is 15.6 Å². The van der Waals surface area contributed by atoms with Crippen LogP contribution in [0.25, 0.3) is 0 Å². The minimum atomic E-state index is 0.227. The number of halogens is 2. The van der Waals surface area contributed by atoms with Gasteiger partial charge in [0.25, 0.3) is 0 Å². The molecular formula is C13H11I2NO2. The summed E-state index contributed by atoms with van der Waals surface area (Å²) in [4.78, 5) is 0. The van der Waals surface area contributed by atoms with Crippen molar-refractivity contribution in [3.05, 3.63) is 49.1 Å². The number of phenolic OH excluding ortho intramolecular Hbond substituents is 1. The van der Waals surface area contributed by atoms with Gasteiger partial charge in [0.1, 0.15) is 11.5 Å². The van der Waals surface area contributed by atoms with Crippen molar-refractivity contribution in [3.8, 4) is 17.2 Å². The summed E-state index contributed by atoms with van der Waals surface area (Å²) in [6.07, 6.45) is 0. The van der Waals surface area contributed by atoms with Gasteiger partial charge in [-0.3, -0.25) is 0 Å². The van der Waals surface area contributed by atoms with Gasteiger partial charge in [0.2, 0.25) is 0 Å². The topological polar surface area (TPSA) is 55.5 Å². The van der Waals surface area contributed by atoms with E-state index < -0.39 is 0 Å². The summed E-state index contributed by atoms with van der Waals surface area (Å²) < 4.78 is 7.87. The molecule has 0 saturated carbocycles. The molecule has 2 rings (SSSR count). The van der Waals surface area contributed by atoms with Crippen molar-refractivity contribution in [1.29, 1.82) is 0 Å². The van der Waals surface area contributed by atoms with E-state index in [0.717, 1.165) is 18.5 Å². The zero-order chi connectivity index (χ0) is 13.1. The second-order valence-electron chi connectivity index (χ2n) is 3.69. The first-order chi connectivity index (χ1) is 8.60. The van der Waals surface area contributed by atoms with Crippen LogP contribution in [0.4, 0.5) is 0 Å². The lowest BCUT2D eigenvalue weighted by Gasteiger charge is -2.11. The number of aromatic hydroxyl groups is 1. The molecule has 0 aliphatic carbocycles. The molecule has 3 N–H and O–H groups in total. The zero-order valence-electron chi connectivity index (χ0n) is 9.36. The molecule has 18 heavy (non-hydrogen) atoms. The predicted molar refractivity (Wildman–Crippen MR) is 87.9 cm³/mol. The first-order valence-electron chi connectivity index (χ1n) is 5.25. The van der Waals surface area contributed by atoms with E-state index >= 15 is 0 Å². The highest BCUT2D eigenvalue weighted by Crippen LogP contribution is 2.33. The number of benzene rings is 2. The highest BCUT2D eigenvalue weighted by molar-refractivity contribution is 14.1. The SMILES string of the molecule is NCc1cc(I)c(Oc2ccc(O)cc2)c(I)c1. The summed E-state index contributed by atoms with van der Waals surface area (Å²) in [5, 5.41) is 9.23. The van der Waals surface area contributed by atoms with E-state index in [2.05, 4.69) is 45.2 Å². The molecule has 0 saturated heterocycles. The Morgan fingerprint density at radius 2 is 1.61 bits per heavy atom. The third-order valence-corrected chi connectivity index (χ3v) is 3.95. The summed E-state index contributed by atoms with van der Waals surface area (Å²) in [5.41, 5.74) is 6.72. The number of rotatable bonds is 3. The highest BCUT2D eigenvalue weighted by atomic mass is 127. The molecule has 0 atom stereocenters. The fourth-order valence-electron chi connectivity index (χ4n) is 1.46. The highest BCUT2D eigenvalue weighted by Gasteiger charge is 2.09. The van der Waals surface area contributed by atoms with Crippen molar-refractivity contribution >= 4 is 45.2 Å². The molecule has 3 nitrogen and oxygen atoms in total. The number of nitrogens with two attached hydrogens (primary N) is 1. The van der Waals surface area contributed by atoms with Crippen LogP contribution in [-0.2, 0) is 6.54 Å². The van der Waals surface area contributed by atoms with Crippen LogP contribution >= 0.6 is 45.2 Å². The normalized spacial score (nSPS) is 10.4. The summed E-state index contributed by atoms with van der Waals surface area (Å²) in [6.45, 7) is 0.519. The summed E-state index contributed by atoms with van der Waals surface area (Å²) in [7, 11) is 0. The van der Waals surface area contributed by atoms with Crippen LogP contribution in [0.1, 0.15) is 5.56 Å². The number of hydrogen-bond donors (Lipinski definition) is 2. The monoisotopic (exact) mass is 467 g/mol. The Morgan fingerprint density at radius 3 is 2.11 bits per heavy atom. The van der Waals surface area contributed by atoms with Crippen molar-refractivity contribution in [2.24, 2.45) is 5.73 Å². The fraction of sp³-hybridized carbons (Fsp3) is 0.0769. The van der Waals surface area contributed by atoms with E-state index in [-0.39, 0.29) is 5.75 Å². The summed E-state index contributed by atoms with van der Waals surface area (Å²) >= 11 is 4.47. The Labute approximate surface area is 133 Å². The molecule has 0 amide bonds. The molecule has 0 fully saturated rings. The zero-order valence-corrected chi connectivity index (χ0v) is 13.7. The Bertz CT molecular complexity index is 532. The second kappa shape index (κ2) is 6.07. The molecule has 94 valence electrons. The van der Waals surface area contributed by atoms with Gasteiger partial charge in [-0.15, -0.1) is 0 Å². The van der Waals surface area contributed by atoms with Crippen molar-refractivity contribution in [3.63, 3.8) is 0 Å². The Morgan fingerprint density at radius 1 is 1.06 bits per heavy atom. The Balaban J connectivity index is 2.31. The standard InChI is InChI=1S/C13H11I2NO2/c14-11-5-8(7-16)6-12(15)13(11)18-10-3-1-9(17)2-4-10/h1-6,17H,7,16H2. The van der Waals surface area contributed by atoms with E-state index in [1.807, 2.05) is 12.1 Å². The molecule has 0 unspecified atom stereocenters. The maximum Gasteiger partial charge on any atom is 0.154 e. The predicted octanol–water partition coefficient (Wildman–Crippen LogP) is 3.85. The van der Waals surface area contributed by atoms with Gasteiger partial charge in [0.05, 0.1) is 7.14 Å². The molecular weight excluding hydrogens is 456 g/mol. The minimum Gasteiger partial charge on any atom is -0.508 e. The van der Waals surface area contributed by atoms with Gasteiger partial charge in [0, 0.05) is 6.54 Å². The van der Waals surface area contributed by atoms with Crippen LogP contribution in [-0.4, -0.2) is 5.11 Å². The fourth-order valence-corrected chi connectivity index (χ4v) is 3.58. The third-order valence-electron chi connectivity index (χ3n) is 2.35. The average molecular weight is 467 g/mol. The van der Waals surface area contributed by atoms with Crippen LogP contribution in [0.15, 0.2) is 36.4 Å². The van der Waals surface area contributed by atoms with Gasteiger partial charge >= 0.3 is 0 Å². The van der Waals surface area contributed by atoms with Gasteiger partial charge in [-0.05, 0) is 87.1 Å². The lowest BCUT2D eigenvalue weighted by molar-refractivity contribution is 0.461. The minimum absolute atomic E-state index is 0.227. The van der Waals surface area contributed by atoms with Crippen LogP contribution in [0, 0.1) is 7.14 Å². The van der Waals surface area contributed by atoms with Crippen molar-refractivity contribution < 1.29 is 9.84 Å². The van der Waals surface area contributed by atoms with E-state index in [1.54, 1.807) is 24.3 Å². The number of hydrogen-bond acceptors (Lipinski definition) is 3. The van der Waals surface area contributed by atoms with E-state index in [0.29, 0.717) is 12.3 Å². The van der Waals surface area contributed by atoms with Gasteiger partial charge in [-0.2, -0.15) is 0 Å². The van der Waals surface area contributed by atoms with Crippen LogP contribution in [0.3, 0.4) is 0 Å². The third kappa shape index (κ3) is 3.27. The van der Waals surface area contributed by atoms with E-state index in [9.17, 15) is 5.11 Å². The van der Waals surface area contributed by atoms with Gasteiger partial charge in [-0.1, -0.05) is 0 Å². The van der Waals surface area contributed by atoms with Crippen molar-refractivity contribution in [1.82, 2.24) is 0 Å². The van der Waals surface area contributed by atoms with Crippen molar-refractivity contribution in [2.75, 3.05) is 0 Å². The number of phenols is 1. The molecule has 0 heterocycles. The van der Waals surface area contributed by atoms with Gasteiger partial charge in [0.15, 0.2) is 5.75 Å². The molecule has 0 radical (unpaired) electrons. The smallest absolute Gasteiger partial charge is 0.154 e. The lowest BCUT2D eigenvalue weighted by Crippen LogP contribution is -1.99.